The lowest BCUT2D eigenvalue weighted by molar-refractivity contribution is -0.119. The molecule has 10 heteroatoms. The van der Waals surface area contributed by atoms with E-state index in [2.05, 4.69) is 26.1 Å². The van der Waals surface area contributed by atoms with E-state index in [0.29, 0.717) is 6.54 Å². The first kappa shape index (κ1) is 22.7. The average molecular weight is 448 g/mol. The Morgan fingerprint density at radius 3 is 2.24 bits per heavy atom. The summed E-state index contributed by atoms with van der Waals surface area (Å²) >= 11 is 19.6. The normalized spacial score (nSPS) is 12.1. The molecule has 1 amide bonds. The van der Waals surface area contributed by atoms with Crippen LogP contribution in [0.1, 0.15) is 20.8 Å². The molecule has 0 saturated heterocycles. The highest BCUT2D eigenvalue weighted by molar-refractivity contribution is 8.00. The minimum atomic E-state index is -3.74. The van der Waals surface area contributed by atoms with Gasteiger partial charge in [-0.3, -0.25) is 9.10 Å². The Balaban J connectivity index is 2.86. The van der Waals surface area contributed by atoms with Gasteiger partial charge in [-0.2, -0.15) is 11.8 Å². The SMILES string of the molecule is CC(C)(C)SCCNC(=O)CN(c1cc(Cl)c(Cl)cc1Cl)S(C)(=O)=O. The number of hydrogen-bond donors (Lipinski definition) is 1. The fraction of sp³-hybridized carbons (Fsp3) is 0.533. The van der Waals surface area contributed by atoms with Crippen molar-refractivity contribution < 1.29 is 13.2 Å². The van der Waals surface area contributed by atoms with Crippen molar-refractivity contribution in [3.05, 3.63) is 27.2 Å². The van der Waals surface area contributed by atoms with Crippen molar-refractivity contribution in [1.29, 1.82) is 0 Å². The van der Waals surface area contributed by atoms with Gasteiger partial charge in [0, 0.05) is 17.0 Å². The van der Waals surface area contributed by atoms with Crippen molar-refractivity contribution in [3.8, 4) is 0 Å². The molecule has 5 nitrogen and oxygen atoms in total. The molecule has 1 aromatic rings. The Bertz CT molecular complexity index is 734. The maximum atomic E-state index is 12.1. The van der Waals surface area contributed by atoms with Crippen LogP contribution in [-0.4, -0.2) is 44.2 Å². The van der Waals surface area contributed by atoms with E-state index < -0.39 is 22.5 Å². The molecule has 25 heavy (non-hydrogen) atoms. The van der Waals surface area contributed by atoms with Gasteiger partial charge in [0.25, 0.3) is 0 Å². The van der Waals surface area contributed by atoms with Crippen molar-refractivity contribution in [2.75, 3.05) is 29.4 Å². The fourth-order valence-corrected chi connectivity index (χ4v) is 4.19. The van der Waals surface area contributed by atoms with Crippen molar-refractivity contribution in [2.45, 2.75) is 25.5 Å². The third kappa shape index (κ3) is 7.83. The number of carbonyl (C=O) groups is 1. The largest absolute Gasteiger partial charge is 0.354 e. The Labute approximate surface area is 168 Å². The number of anilines is 1. The number of nitrogens with zero attached hydrogens (tertiary/aromatic N) is 1. The zero-order chi connectivity index (χ0) is 19.4. The first-order valence-electron chi connectivity index (χ1n) is 7.34. The Morgan fingerprint density at radius 2 is 1.72 bits per heavy atom. The number of hydrogen-bond acceptors (Lipinski definition) is 4. The number of rotatable bonds is 7. The van der Waals surface area contributed by atoms with Crippen molar-refractivity contribution >= 4 is 68.2 Å². The second-order valence-corrected chi connectivity index (χ2v) is 11.3. The molecule has 0 aliphatic rings. The molecular formula is C15H21Cl3N2O3S2. The van der Waals surface area contributed by atoms with Gasteiger partial charge in [0.05, 0.1) is 27.0 Å². The molecule has 142 valence electrons. The lowest BCUT2D eigenvalue weighted by Crippen LogP contribution is -2.41. The summed E-state index contributed by atoms with van der Waals surface area (Å²) in [7, 11) is -3.74. The molecule has 0 spiro atoms. The van der Waals surface area contributed by atoms with Gasteiger partial charge in [-0.15, -0.1) is 0 Å². The summed E-state index contributed by atoms with van der Waals surface area (Å²) in [5.74, 6) is 0.295. The molecule has 0 radical (unpaired) electrons. The molecule has 0 atom stereocenters. The van der Waals surface area contributed by atoms with E-state index in [9.17, 15) is 13.2 Å². The summed E-state index contributed by atoms with van der Waals surface area (Å²) in [5.41, 5.74) is 0.109. The van der Waals surface area contributed by atoms with Gasteiger partial charge in [-0.05, 0) is 12.1 Å². The quantitative estimate of drug-likeness (QED) is 0.505. The number of thioether (sulfide) groups is 1. The van der Waals surface area contributed by atoms with Crippen molar-refractivity contribution in [3.63, 3.8) is 0 Å². The third-order valence-electron chi connectivity index (χ3n) is 2.91. The summed E-state index contributed by atoms with van der Waals surface area (Å²) in [6.45, 7) is 6.29. The van der Waals surface area contributed by atoms with Gasteiger partial charge in [0.15, 0.2) is 0 Å². The zero-order valence-corrected chi connectivity index (χ0v) is 18.3. The predicted octanol–water partition coefficient (Wildman–Crippen LogP) is 4.06. The maximum absolute atomic E-state index is 12.1. The molecule has 0 fully saturated rings. The summed E-state index contributed by atoms with van der Waals surface area (Å²) in [6.07, 6.45) is 0.995. The van der Waals surface area contributed by atoms with Gasteiger partial charge in [-0.1, -0.05) is 55.6 Å². The van der Waals surface area contributed by atoms with Crippen LogP contribution in [0, 0.1) is 0 Å². The zero-order valence-electron chi connectivity index (χ0n) is 14.4. The molecule has 0 aromatic heterocycles. The Hall–Kier alpha value is -0.340. The van der Waals surface area contributed by atoms with Gasteiger partial charge in [0.2, 0.25) is 15.9 Å². The van der Waals surface area contributed by atoms with Crippen LogP contribution in [0.25, 0.3) is 0 Å². The average Bonchev–Trinajstić information content (AvgIpc) is 2.43. The molecule has 1 rings (SSSR count). The van der Waals surface area contributed by atoms with Gasteiger partial charge in [-0.25, -0.2) is 8.42 Å². The number of carbonyl (C=O) groups excluding carboxylic acids is 1. The number of amides is 1. The minimum absolute atomic E-state index is 0.0934. The number of halogens is 3. The minimum Gasteiger partial charge on any atom is -0.354 e. The predicted molar refractivity (Wildman–Crippen MR) is 109 cm³/mol. The van der Waals surface area contributed by atoms with Crippen molar-refractivity contribution in [1.82, 2.24) is 5.32 Å². The van der Waals surface area contributed by atoms with E-state index in [1.165, 1.54) is 12.1 Å². The topological polar surface area (TPSA) is 66.5 Å². The smallest absolute Gasteiger partial charge is 0.240 e. The first-order chi connectivity index (χ1) is 11.3. The highest BCUT2D eigenvalue weighted by Gasteiger charge is 2.24. The lowest BCUT2D eigenvalue weighted by atomic mass is 10.3. The van der Waals surface area contributed by atoms with E-state index in [-0.39, 0.29) is 25.5 Å². The van der Waals surface area contributed by atoms with Crippen LogP contribution < -0.4 is 9.62 Å². The van der Waals surface area contributed by atoms with Gasteiger partial charge >= 0.3 is 0 Å². The third-order valence-corrected chi connectivity index (χ3v) is 6.33. The van der Waals surface area contributed by atoms with E-state index in [1.54, 1.807) is 11.8 Å². The maximum Gasteiger partial charge on any atom is 0.240 e. The van der Waals surface area contributed by atoms with Crippen LogP contribution in [-0.2, 0) is 14.8 Å². The van der Waals surface area contributed by atoms with Crippen LogP contribution in [0.15, 0.2) is 12.1 Å². The van der Waals surface area contributed by atoms with E-state index in [1.807, 2.05) is 0 Å². The molecule has 0 aliphatic carbocycles. The monoisotopic (exact) mass is 446 g/mol. The van der Waals surface area contributed by atoms with Crippen LogP contribution >= 0.6 is 46.6 Å². The molecular weight excluding hydrogens is 427 g/mol. The molecule has 0 heterocycles. The van der Waals surface area contributed by atoms with Crippen LogP contribution in [0.4, 0.5) is 5.69 Å². The number of sulfonamides is 1. The first-order valence-corrected chi connectivity index (χ1v) is 11.3. The second-order valence-electron chi connectivity index (χ2n) is 6.30. The van der Waals surface area contributed by atoms with Gasteiger partial charge in [0.1, 0.15) is 6.54 Å². The van der Waals surface area contributed by atoms with E-state index in [0.717, 1.165) is 16.3 Å². The van der Waals surface area contributed by atoms with Gasteiger partial charge < -0.3 is 5.32 Å². The van der Waals surface area contributed by atoms with E-state index >= 15 is 0 Å². The summed E-state index contributed by atoms with van der Waals surface area (Å²) in [5, 5.41) is 3.15. The van der Waals surface area contributed by atoms with Crippen LogP contribution in [0.5, 0.6) is 0 Å². The second kappa shape index (κ2) is 9.04. The Kier molecular flexibility index (Phi) is 8.21. The van der Waals surface area contributed by atoms with Crippen LogP contribution in [0.2, 0.25) is 15.1 Å². The highest BCUT2D eigenvalue weighted by Crippen LogP contribution is 2.35. The summed E-state index contributed by atoms with van der Waals surface area (Å²) in [6, 6.07) is 2.67. The fourth-order valence-electron chi connectivity index (χ4n) is 1.82. The van der Waals surface area contributed by atoms with Crippen LogP contribution in [0.3, 0.4) is 0 Å². The van der Waals surface area contributed by atoms with Crippen molar-refractivity contribution in [2.24, 2.45) is 0 Å². The molecule has 1 N–H and O–H groups in total. The standard InChI is InChI=1S/C15H21Cl3N2O3S2/c1-15(2,3)24-6-5-19-14(21)9-20(25(4,22)23)13-8-11(17)10(16)7-12(13)18/h7-8H,5-6,9H2,1-4H3,(H,19,21). The summed E-state index contributed by atoms with van der Waals surface area (Å²) < 4.78 is 25.2. The number of nitrogens with one attached hydrogen (secondary N) is 1. The molecule has 0 saturated carbocycles. The highest BCUT2D eigenvalue weighted by atomic mass is 35.5. The molecule has 0 unspecified atom stereocenters. The molecule has 0 bridgehead atoms. The Morgan fingerprint density at radius 1 is 1.16 bits per heavy atom. The number of benzene rings is 1. The van der Waals surface area contributed by atoms with E-state index in [4.69, 9.17) is 34.8 Å². The summed E-state index contributed by atoms with van der Waals surface area (Å²) in [4.78, 5) is 12.1. The molecule has 1 aromatic carbocycles. The lowest BCUT2D eigenvalue weighted by Gasteiger charge is -2.23. The molecule has 0 aliphatic heterocycles.